The lowest BCUT2D eigenvalue weighted by Gasteiger charge is -2.36. The number of hydrogen-bond donors (Lipinski definition) is 1. The first-order valence-electron chi connectivity index (χ1n) is 9.81. The molecule has 2 atom stereocenters. The lowest BCUT2D eigenvalue weighted by molar-refractivity contribution is -0.0580. The number of hydrogen-bond acceptors (Lipinski definition) is 5. The average molecular weight is 464 g/mol. The summed E-state index contributed by atoms with van der Waals surface area (Å²) in [5.74, 6) is -5.23. The minimum Gasteiger partial charge on any atom is -0.491 e. The molecule has 31 heavy (non-hydrogen) atoms. The van der Waals surface area contributed by atoms with Gasteiger partial charge in [-0.1, -0.05) is 0 Å². The fourth-order valence-corrected chi connectivity index (χ4v) is 4.87. The van der Waals surface area contributed by atoms with Crippen molar-refractivity contribution in [3.63, 3.8) is 0 Å². The number of halogens is 4. The van der Waals surface area contributed by atoms with Crippen LogP contribution in [0.1, 0.15) is 55.5 Å². The standard InChI is InChI=1S/C19H24F4N4O3S/c1-12-26-25-11-27(12)14-8-13(9-19(22,23)10-14)17-16(31(24,28)29)5-4-15(18(17)21)30-7-3-2-6-20/h4-5,11,13-14H,2-3,6-10H2,1H3,(H2,24,28,29)/t13-,14+/m1/s1. The molecule has 1 saturated carbocycles. The van der Waals surface area contributed by atoms with Crippen LogP contribution in [0.5, 0.6) is 5.75 Å². The highest BCUT2D eigenvalue weighted by molar-refractivity contribution is 7.89. The van der Waals surface area contributed by atoms with Crippen LogP contribution in [0.4, 0.5) is 17.6 Å². The van der Waals surface area contributed by atoms with E-state index in [-0.39, 0.29) is 25.2 Å². The van der Waals surface area contributed by atoms with Crippen molar-refractivity contribution in [1.29, 1.82) is 0 Å². The Morgan fingerprint density at radius 2 is 2.03 bits per heavy atom. The Morgan fingerprint density at radius 1 is 1.29 bits per heavy atom. The molecule has 12 heteroatoms. The molecule has 172 valence electrons. The lowest BCUT2D eigenvalue weighted by atomic mass is 9.78. The zero-order valence-electron chi connectivity index (χ0n) is 16.9. The Kier molecular flexibility index (Phi) is 6.89. The molecular formula is C19H24F4N4O3S. The van der Waals surface area contributed by atoms with E-state index >= 15 is 4.39 Å². The van der Waals surface area contributed by atoms with E-state index in [1.807, 2.05) is 0 Å². The van der Waals surface area contributed by atoms with E-state index < -0.39 is 63.7 Å². The van der Waals surface area contributed by atoms with Crippen LogP contribution >= 0.6 is 0 Å². The first kappa shape index (κ1) is 23.5. The zero-order chi connectivity index (χ0) is 22.8. The van der Waals surface area contributed by atoms with Crippen LogP contribution < -0.4 is 9.88 Å². The van der Waals surface area contributed by atoms with Gasteiger partial charge in [-0.25, -0.2) is 26.7 Å². The zero-order valence-corrected chi connectivity index (χ0v) is 17.7. The molecule has 1 fully saturated rings. The molecular weight excluding hydrogens is 440 g/mol. The van der Waals surface area contributed by atoms with Gasteiger partial charge >= 0.3 is 0 Å². The Morgan fingerprint density at radius 3 is 2.65 bits per heavy atom. The third-order valence-electron chi connectivity index (χ3n) is 5.39. The van der Waals surface area contributed by atoms with Gasteiger partial charge in [0.15, 0.2) is 11.6 Å². The number of nitrogens with zero attached hydrogens (tertiary/aromatic N) is 3. The van der Waals surface area contributed by atoms with Crippen molar-refractivity contribution in [3.8, 4) is 5.75 Å². The van der Waals surface area contributed by atoms with E-state index in [0.717, 1.165) is 12.1 Å². The fourth-order valence-electron chi connectivity index (χ4n) is 4.05. The minimum absolute atomic E-state index is 0.00163. The maximum atomic E-state index is 15.4. The predicted octanol–water partition coefficient (Wildman–Crippen LogP) is 3.65. The lowest BCUT2D eigenvalue weighted by Crippen LogP contribution is -2.33. The fraction of sp³-hybridized carbons (Fsp3) is 0.579. The number of aromatic nitrogens is 3. The molecule has 1 aliphatic rings. The van der Waals surface area contributed by atoms with Crippen LogP contribution in [0.25, 0.3) is 0 Å². The minimum atomic E-state index is -4.39. The monoisotopic (exact) mass is 464 g/mol. The van der Waals surface area contributed by atoms with Gasteiger partial charge in [-0.3, -0.25) is 4.39 Å². The van der Waals surface area contributed by atoms with Crippen molar-refractivity contribution < 1.29 is 30.7 Å². The van der Waals surface area contributed by atoms with Crippen molar-refractivity contribution in [1.82, 2.24) is 14.8 Å². The van der Waals surface area contributed by atoms with Gasteiger partial charge in [0.1, 0.15) is 12.2 Å². The summed E-state index contributed by atoms with van der Waals surface area (Å²) in [6.45, 7) is 1.05. The first-order chi connectivity index (χ1) is 14.5. The van der Waals surface area contributed by atoms with Crippen molar-refractivity contribution in [2.75, 3.05) is 13.3 Å². The second-order valence-electron chi connectivity index (χ2n) is 7.72. The highest BCUT2D eigenvalue weighted by Crippen LogP contribution is 2.49. The molecule has 3 rings (SSSR count). The van der Waals surface area contributed by atoms with E-state index in [2.05, 4.69) is 10.2 Å². The van der Waals surface area contributed by atoms with Gasteiger partial charge in [-0.05, 0) is 44.2 Å². The molecule has 1 aromatic heterocycles. The Hall–Kier alpha value is -2.21. The van der Waals surface area contributed by atoms with E-state index in [4.69, 9.17) is 9.88 Å². The number of nitrogens with two attached hydrogens (primary N) is 1. The molecule has 1 aromatic carbocycles. The van der Waals surface area contributed by atoms with Crippen molar-refractivity contribution in [2.45, 2.75) is 61.8 Å². The average Bonchev–Trinajstić information content (AvgIpc) is 3.10. The van der Waals surface area contributed by atoms with Gasteiger partial charge in [0.25, 0.3) is 5.92 Å². The number of primary sulfonamides is 1. The first-order valence-corrected chi connectivity index (χ1v) is 11.4. The van der Waals surface area contributed by atoms with Crippen LogP contribution in [0.2, 0.25) is 0 Å². The number of unbranched alkanes of at least 4 members (excludes halogenated alkanes) is 1. The maximum absolute atomic E-state index is 15.4. The second-order valence-corrected chi connectivity index (χ2v) is 9.24. The van der Waals surface area contributed by atoms with Gasteiger partial charge < -0.3 is 9.30 Å². The Labute approximate surface area is 177 Å². The highest BCUT2D eigenvalue weighted by atomic mass is 32.2. The molecule has 2 aromatic rings. The summed E-state index contributed by atoms with van der Waals surface area (Å²) < 4.78 is 87.9. The summed E-state index contributed by atoms with van der Waals surface area (Å²) in [7, 11) is -4.39. The number of benzene rings is 1. The van der Waals surface area contributed by atoms with Gasteiger partial charge in [0, 0.05) is 24.4 Å². The summed E-state index contributed by atoms with van der Waals surface area (Å²) in [6.07, 6.45) is 0.653. The van der Waals surface area contributed by atoms with Crippen molar-refractivity contribution in [2.24, 2.45) is 5.14 Å². The molecule has 0 amide bonds. The maximum Gasteiger partial charge on any atom is 0.250 e. The summed E-state index contributed by atoms with van der Waals surface area (Å²) in [5, 5.41) is 12.8. The largest absolute Gasteiger partial charge is 0.491 e. The third kappa shape index (κ3) is 5.35. The number of rotatable bonds is 8. The molecule has 0 aliphatic heterocycles. The van der Waals surface area contributed by atoms with Crippen LogP contribution in [0, 0.1) is 12.7 Å². The number of alkyl halides is 3. The van der Waals surface area contributed by atoms with Gasteiger partial charge in [0.2, 0.25) is 10.0 Å². The van der Waals surface area contributed by atoms with E-state index in [0.29, 0.717) is 12.2 Å². The Balaban J connectivity index is 2.02. The van der Waals surface area contributed by atoms with Gasteiger partial charge in [0.05, 0.1) is 18.2 Å². The molecule has 0 bridgehead atoms. The van der Waals surface area contributed by atoms with Crippen molar-refractivity contribution in [3.05, 3.63) is 35.7 Å². The summed E-state index contributed by atoms with van der Waals surface area (Å²) in [5.41, 5.74) is -0.416. The highest BCUT2D eigenvalue weighted by Gasteiger charge is 2.45. The topological polar surface area (TPSA) is 100 Å². The predicted molar refractivity (Wildman–Crippen MR) is 104 cm³/mol. The van der Waals surface area contributed by atoms with E-state index in [9.17, 15) is 21.6 Å². The van der Waals surface area contributed by atoms with Gasteiger partial charge in [-0.15, -0.1) is 10.2 Å². The molecule has 0 saturated heterocycles. The van der Waals surface area contributed by atoms with E-state index in [1.165, 1.54) is 10.9 Å². The quantitative estimate of drug-likeness (QED) is 0.475. The van der Waals surface area contributed by atoms with E-state index in [1.54, 1.807) is 6.92 Å². The number of aryl methyl sites for hydroxylation is 1. The SMILES string of the molecule is Cc1nncn1[C@H]1C[C@@H](c2c(S(N)(=O)=O)ccc(OCCCCF)c2F)CC(F)(F)C1. The summed E-state index contributed by atoms with van der Waals surface area (Å²) in [4.78, 5) is -0.553. The Bertz CT molecular complexity index is 1030. The van der Waals surface area contributed by atoms with Crippen molar-refractivity contribution >= 4 is 10.0 Å². The second kappa shape index (κ2) is 9.11. The molecule has 1 heterocycles. The molecule has 0 spiro atoms. The van der Waals surface area contributed by atoms with Crippen LogP contribution in [-0.4, -0.2) is 42.4 Å². The molecule has 0 radical (unpaired) electrons. The van der Waals surface area contributed by atoms with Crippen LogP contribution in [0.15, 0.2) is 23.4 Å². The summed E-state index contributed by atoms with van der Waals surface area (Å²) in [6, 6.07) is 1.39. The molecule has 7 nitrogen and oxygen atoms in total. The number of sulfonamides is 1. The molecule has 0 unspecified atom stereocenters. The van der Waals surface area contributed by atoms with Crippen LogP contribution in [0.3, 0.4) is 0 Å². The number of ether oxygens (including phenoxy) is 1. The molecule has 1 aliphatic carbocycles. The normalized spacial score (nSPS) is 21.2. The van der Waals surface area contributed by atoms with Gasteiger partial charge in [-0.2, -0.15) is 0 Å². The third-order valence-corrected chi connectivity index (χ3v) is 6.36. The van der Waals surface area contributed by atoms with Crippen LogP contribution in [-0.2, 0) is 10.0 Å². The smallest absolute Gasteiger partial charge is 0.250 e. The summed E-state index contributed by atoms with van der Waals surface area (Å²) >= 11 is 0. The molecule has 2 N–H and O–H groups in total.